The first-order chi connectivity index (χ1) is 19.3. The summed E-state index contributed by atoms with van der Waals surface area (Å²) in [6, 6.07) is 7.17. The van der Waals surface area contributed by atoms with Crippen LogP contribution in [-0.2, 0) is 9.59 Å². The third kappa shape index (κ3) is 4.76. The predicted octanol–water partition coefficient (Wildman–Crippen LogP) is 3.45. The number of hydrogen-bond acceptors (Lipinski definition) is 7. The molecule has 40 heavy (non-hydrogen) atoms. The van der Waals surface area contributed by atoms with Crippen LogP contribution in [0.4, 0.5) is 10.1 Å². The molecule has 0 saturated heterocycles. The standard InChI is InChI=1S/C29H29FN6O4/c30-18-5-8-24(33-14-18)23-15-35(34-26(23)17-3-4-17)20-10-16(11-20)13-32-19-6-7-21-22(12-19)29(40)36(28(21)39)25(27(31)38)2-1-9-37/h5-9,12,14-17,20,25,32H,1-4,10-11,13H2,(H2,31,38)/t16-,20-,25?. The van der Waals surface area contributed by atoms with Gasteiger partial charge in [-0.15, -0.1) is 0 Å². The Labute approximate surface area is 229 Å². The number of fused-ring (bicyclic) bond motifs is 1. The van der Waals surface area contributed by atoms with Gasteiger partial charge < -0.3 is 15.8 Å². The van der Waals surface area contributed by atoms with Gasteiger partial charge in [-0.05, 0) is 68.4 Å². The zero-order chi connectivity index (χ0) is 28.0. The van der Waals surface area contributed by atoms with E-state index in [0.717, 1.165) is 47.5 Å². The first-order valence-electron chi connectivity index (χ1n) is 13.5. The first kappa shape index (κ1) is 25.8. The number of imide groups is 1. The van der Waals surface area contributed by atoms with E-state index in [1.807, 2.05) is 10.9 Å². The molecule has 6 rings (SSSR count). The topological polar surface area (TPSA) is 140 Å². The summed E-state index contributed by atoms with van der Waals surface area (Å²) < 4.78 is 15.4. The lowest BCUT2D eigenvalue weighted by Crippen LogP contribution is -2.47. The molecule has 1 aliphatic heterocycles. The van der Waals surface area contributed by atoms with Crippen LogP contribution in [0, 0.1) is 11.7 Å². The maximum atomic E-state index is 13.4. The number of amides is 3. The van der Waals surface area contributed by atoms with Gasteiger partial charge in [-0.1, -0.05) is 0 Å². The van der Waals surface area contributed by atoms with Crippen molar-refractivity contribution in [2.45, 2.75) is 56.5 Å². The Morgan fingerprint density at radius 2 is 1.90 bits per heavy atom. The largest absolute Gasteiger partial charge is 0.385 e. The minimum atomic E-state index is -1.16. The number of benzene rings is 1. The number of nitrogens with two attached hydrogens (primary N) is 1. The second-order valence-corrected chi connectivity index (χ2v) is 10.8. The Kier molecular flexibility index (Phi) is 6.65. The predicted molar refractivity (Wildman–Crippen MR) is 143 cm³/mol. The third-order valence-corrected chi connectivity index (χ3v) is 8.02. The zero-order valence-electron chi connectivity index (χ0n) is 21.8. The number of halogens is 1. The van der Waals surface area contributed by atoms with Gasteiger partial charge >= 0.3 is 0 Å². The van der Waals surface area contributed by atoms with Gasteiger partial charge in [0.2, 0.25) is 5.91 Å². The number of aldehydes is 1. The number of carbonyl (C=O) groups is 4. The van der Waals surface area contributed by atoms with E-state index in [1.54, 1.807) is 24.3 Å². The van der Waals surface area contributed by atoms with E-state index in [-0.39, 0.29) is 35.8 Å². The van der Waals surface area contributed by atoms with E-state index < -0.39 is 23.8 Å². The van der Waals surface area contributed by atoms with Crippen molar-refractivity contribution in [3.05, 3.63) is 65.4 Å². The van der Waals surface area contributed by atoms with Gasteiger partial charge in [-0.25, -0.2) is 4.39 Å². The Hall–Kier alpha value is -4.41. The van der Waals surface area contributed by atoms with Crippen LogP contribution in [0.2, 0.25) is 0 Å². The van der Waals surface area contributed by atoms with E-state index in [4.69, 9.17) is 10.8 Å². The van der Waals surface area contributed by atoms with E-state index in [0.29, 0.717) is 30.4 Å². The van der Waals surface area contributed by atoms with Gasteiger partial charge in [0, 0.05) is 36.3 Å². The summed E-state index contributed by atoms with van der Waals surface area (Å²) in [7, 11) is 0. The Bertz CT molecular complexity index is 1490. The fraction of sp³-hybridized carbons (Fsp3) is 0.379. The number of nitrogens with zero attached hydrogens (tertiary/aromatic N) is 4. The molecular weight excluding hydrogens is 515 g/mol. The highest BCUT2D eigenvalue weighted by Gasteiger charge is 2.42. The van der Waals surface area contributed by atoms with Gasteiger partial charge in [0.15, 0.2) is 0 Å². The summed E-state index contributed by atoms with van der Waals surface area (Å²) in [4.78, 5) is 53.7. The van der Waals surface area contributed by atoms with Crippen LogP contribution in [-0.4, -0.2) is 56.3 Å². The highest BCUT2D eigenvalue weighted by atomic mass is 19.1. The number of rotatable bonds is 11. The summed E-state index contributed by atoms with van der Waals surface area (Å²) in [5.41, 5.74) is 9.31. The summed E-state index contributed by atoms with van der Waals surface area (Å²) in [6.45, 7) is 0.688. The quantitative estimate of drug-likeness (QED) is 0.278. The molecule has 3 aliphatic rings. The smallest absolute Gasteiger partial charge is 0.262 e. The van der Waals surface area contributed by atoms with E-state index in [1.165, 1.54) is 12.3 Å². The van der Waals surface area contributed by atoms with Gasteiger partial charge in [0.1, 0.15) is 18.1 Å². The van der Waals surface area contributed by atoms with Crippen LogP contribution in [0.15, 0.2) is 42.7 Å². The molecule has 3 aromatic rings. The molecule has 3 heterocycles. The van der Waals surface area contributed by atoms with Crippen molar-refractivity contribution in [1.82, 2.24) is 19.7 Å². The van der Waals surface area contributed by atoms with Crippen molar-refractivity contribution < 1.29 is 23.6 Å². The van der Waals surface area contributed by atoms with Gasteiger partial charge in [0.25, 0.3) is 11.8 Å². The number of aromatic nitrogens is 3. The molecule has 0 radical (unpaired) electrons. The zero-order valence-corrected chi connectivity index (χ0v) is 21.8. The lowest BCUT2D eigenvalue weighted by molar-refractivity contribution is -0.122. The van der Waals surface area contributed by atoms with E-state index in [2.05, 4.69) is 10.3 Å². The average Bonchev–Trinajstić information content (AvgIpc) is 3.63. The summed E-state index contributed by atoms with van der Waals surface area (Å²) in [5, 5.41) is 8.25. The van der Waals surface area contributed by atoms with E-state index in [9.17, 15) is 23.6 Å². The average molecular weight is 545 g/mol. The molecule has 2 saturated carbocycles. The van der Waals surface area contributed by atoms with Crippen molar-refractivity contribution in [1.29, 1.82) is 0 Å². The first-order valence-corrected chi connectivity index (χ1v) is 13.5. The van der Waals surface area contributed by atoms with Crippen molar-refractivity contribution in [3.8, 4) is 11.3 Å². The van der Waals surface area contributed by atoms with Crippen LogP contribution in [0.25, 0.3) is 11.3 Å². The third-order valence-electron chi connectivity index (χ3n) is 8.02. The van der Waals surface area contributed by atoms with Gasteiger partial charge in [0.05, 0.1) is 34.8 Å². The van der Waals surface area contributed by atoms with Crippen LogP contribution >= 0.6 is 0 Å². The lowest BCUT2D eigenvalue weighted by atomic mass is 9.80. The number of pyridine rings is 1. The fourth-order valence-corrected chi connectivity index (χ4v) is 5.61. The van der Waals surface area contributed by atoms with Gasteiger partial charge in [-0.3, -0.25) is 28.9 Å². The summed E-state index contributed by atoms with van der Waals surface area (Å²) >= 11 is 0. The molecule has 10 nitrogen and oxygen atoms in total. The molecule has 1 atom stereocenters. The number of carbonyl (C=O) groups excluding carboxylic acids is 4. The molecule has 2 fully saturated rings. The highest BCUT2D eigenvalue weighted by Crippen LogP contribution is 2.45. The molecule has 2 aliphatic carbocycles. The summed E-state index contributed by atoms with van der Waals surface area (Å²) in [6.07, 6.45) is 7.99. The van der Waals surface area contributed by atoms with Crippen LogP contribution in [0.1, 0.15) is 76.9 Å². The number of nitrogens with one attached hydrogen (secondary N) is 1. The molecule has 1 unspecified atom stereocenters. The minimum absolute atomic E-state index is 0.00143. The van der Waals surface area contributed by atoms with Crippen LogP contribution < -0.4 is 11.1 Å². The number of anilines is 1. The highest BCUT2D eigenvalue weighted by molar-refractivity contribution is 6.23. The molecule has 1 aromatic carbocycles. The molecular formula is C29H29FN6O4. The molecule has 0 spiro atoms. The molecule has 11 heteroatoms. The Morgan fingerprint density at radius 1 is 1.12 bits per heavy atom. The minimum Gasteiger partial charge on any atom is -0.385 e. The second kappa shape index (κ2) is 10.3. The molecule has 0 bridgehead atoms. The number of primary amides is 1. The Morgan fingerprint density at radius 3 is 2.58 bits per heavy atom. The lowest BCUT2D eigenvalue weighted by Gasteiger charge is -2.35. The SMILES string of the molecule is NC(=O)C(CCC=O)N1C(=O)c2ccc(NC[C@H]3C[C@H](n4cc(-c5ccc(F)cn5)c(C5CC5)n4)C3)cc2C1=O. The normalized spacial score (nSPS) is 20.7. The molecule has 3 N–H and O–H groups in total. The van der Waals surface area contributed by atoms with Crippen molar-refractivity contribution in [3.63, 3.8) is 0 Å². The van der Waals surface area contributed by atoms with Crippen molar-refractivity contribution >= 4 is 29.7 Å². The number of hydrogen-bond donors (Lipinski definition) is 2. The maximum Gasteiger partial charge on any atom is 0.262 e. The van der Waals surface area contributed by atoms with Crippen LogP contribution in [0.5, 0.6) is 0 Å². The maximum absolute atomic E-state index is 13.4. The fourth-order valence-electron chi connectivity index (χ4n) is 5.61. The molecule has 2 aromatic heterocycles. The Balaban J connectivity index is 1.08. The molecule has 206 valence electrons. The van der Waals surface area contributed by atoms with Crippen molar-refractivity contribution in [2.75, 3.05) is 11.9 Å². The second-order valence-electron chi connectivity index (χ2n) is 10.8. The van der Waals surface area contributed by atoms with Crippen LogP contribution in [0.3, 0.4) is 0 Å². The monoisotopic (exact) mass is 544 g/mol. The van der Waals surface area contributed by atoms with Crippen molar-refractivity contribution in [2.24, 2.45) is 11.7 Å². The van der Waals surface area contributed by atoms with Gasteiger partial charge in [-0.2, -0.15) is 5.10 Å². The molecule has 3 amide bonds. The van der Waals surface area contributed by atoms with E-state index >= 15 is 0 Å². The summed E-state index contributed by atoms with van der Waals surface area (Å²) in [5.74, 6) is -1.51.